The third-order valence-electron chi connectivity index (χ3n) is 5.17. The number of benzene rings is 1. The summed E-state index contributed by atoms with van der Waals surface area (Å²) in [4.78, 5) is 26.6. The minimum atomic E-state index is -0.418. The van der Waals surface area contributed by atoms with Crippen LogP contribution in [0.4, 0.5) is 0 Å². The lowest BCUT2D eigenvalue weighted by Crippen LogP contribution is -2.53. The maximum Gasteiger partial charge on any atom is 0.331 e. The third kappa shape index (κ3) is 3.36. The summed E-state index contributed by atoms with van der Waals surface area (Å²) in [5, 5.41) is 0. The van der Waals surface area contributed by atoms with Crippen molar-refractivity contribution in [2.75, 3.05) is 14.2 Å². The van der Waals surface area contributed by atoms with Crippen molar-refractivity contribution in [1.29, 1.82) is 0 Å². The molecule has 2 aliphatic heterocycles. The second-order valence-corrected chi connectivity index (χ2v) is 6.47. The van der Waals surface area contributed by atoms with Crippen LogP contribution in [0.5, 0.6) is 0 Å². The molecule has 0 aliphatic carbocycles. The Kier molecular flexibility index (Phi) is 5.00. The van der Waals surface area contributed by atoms with Gasteiger partial charge in [-0.05, 0) is 31.5 Å². The van der Waals surface area contributed by atoms with Crippen molar-refractivity contribution in [3.8, 4) is 0 Å². The van der Waals surface area contributed by atoms with Crippen molar-refractivity contribution in [3.05, 3.63) is 42.0 Å². The van der Waals surface area contributed by atoms with Gasteiger partial charge in [-0.15, -0.1) is 0 Å². The van der Waals surface area contributed by atoms with E-state index in [0.29, 0.717) is 12.5 Å². The summed E-state index contributed by atoms with van der Waals surface area (Å²) < 4.78 is 10.6. The Hall–Kier alpha value is -2.14. The molecule has 0 N–H and O–H groups in total. The van der Waals surface area contributed by atoms with Gasteiger partial charge in [0.05, 0.1) is 7.11 Å². The Balaban J connectivity index is 1.69. The molecule has 128 valence electrons. The number of carbonyl (C=O) groups excluding carboxylic acids is 2. The lowest BCUT2D eigenvalue weighted by molar-refractivity contribution is -0.165. The van der Waals surface area contributed by atoms with Gasteiger partial charge in [0.1, 0.15) is 12.0 Å². The van der Waals surface area contributed by atoms with Crippen LogP contribution >= 0.6 is 0 Å². The zero-order valence-electron chi connectivity index (χ0n) is 14.1. The fraction of sp³-hybridized carbons (Fsp3) is 0.474. The molecule has 5 heteroatoms. The number of carbonyl (C=O) groups is 2. The van der Waals surface area contributed by atoms with Gasteiger partial charge in [-0.1, -0.05) is 30.3 Å². The lowest BCUT2D eigenvalue weighted by Gasteiger charge is -2.40. The number of hydrogen-bond acceptors (Lipinski definition) is 5. The summed E-state index contributed by atoms with van der Waals surface area (Å²) in [5.74, 6) is -1.12. The highest BCUT2D eigenvalue weighted by molar-refractivity contribution is 5.87. The van der Waals surface area contributed by atoms with E-state index in [4.69, 9.17) is 9.47 Å². The second kappa shape index (κ2) is 7.18. The van der Waals surface area contributed by atoms with E-state index >= 15 is 0 Å². The van der Waals surface area contributed by atoms with Gasteiger partial charge in [-0.3, -0.25) is 9.69 Å². The molecule has 2 saturated heterocycles. The first kappa shape index (κ1) is 16.7. The van der Waals surface area contributed by atoms with Gasteiger partial charge < -0.3 is 9.47 Å². The van der Waals surface area contributed by atoms with Gasteiger partial charge in [0.2, 0.25) is 0 Å². The standard InChI is InChI=1S/C19H23NO4/c1-20-14-9-10-15(20)18(19(22)23-2)16(12-14)24-17(21)11-8-13-6-4-3-5-7-13/h3-8,11,14-16,18H,9-10,12H2,1-2H3/b11-8-. The van der Waals surface area contributed by atoms with E-state index < -0.39 is 18.0 Å². The number of piperidine rings is 1. The molecule has 2 aliphatic rings. The second-order valence-electron chi connectivity index (χ2n) is 6.47. The number of nitrogens with zero attached hydrogens (tertiary/aromatic N) is 1. The van der Waals surface area contributed by atoms with Gasteiger partial charge in [0.25, 0.3) is 0 Å². The predicted molar refractivity (Wildman–Crippen MR) is 90.1 cm³/mol. The SMILES string of the molecule is COC(=O)C1C(OC(=O)/C=C\c2ccccc2)CC2CCC1N2C. The van der Waals surface area contributed by atoms with Crippen LogP contribution in [-0.4, -0.2) is 49.2 Å². The molecule has 24 heavy (non-hydrogen) atoms. The molecule has 0 spiro atoms. The number of ether oxygens (including phenoxy) is 2. The highest BCUT2D eigenvalue weighted by Gasteiger charge is 2.50. The molecule has 2 heterocycles. The van der Waals surface area contributed by atoms with Crippen molar-refractivity contribution in [1.82, 2.24) is 4.90 Å². The van der Waals surface area contributed by atoms with E-state index in [9.17, 15) is 9.59 Å². The van der Waals surface area contributed by atoms with E-state index in [0.717, 1.165) is 18.4 Å². The molecule has 3 rings (SSSR count). The first-order valence-electron chi connectivity index (χ1n) is 8.33. The van der Waals surface area contributed by atoms with Crippen LogP contribution < -0.4 is 0 Å². The summed E-state index contributed by atoms with van der Waals surface area (Å²) in [7, 11) is 3.42. The fourth-order valence-electron chi connectivity index (χ4n) is 3.90. The van der Waals surface area contributed by atoms with Gasteiger partial charge in [-0.25, -0.2) is 4.79 Å². The Morgan fingerprint density at radius 2 is 1.96 bits per heavy atom. The van der Waals surface area contributed by atoms with E-state index in [1.54, 1.807) is 6.08 Å². The maximum absolute atomic E-state index is 12.2. The monoisotopic (exact) mass is 329 g/mol. The molecule has 2 fully saturated rings. The quantitative estimate of drug-likeness (QED) is 0.626. The maximum atomic E-state index is 12.2. The van der Waals surface area contributed by atoms with Crippen LogP contribution in [0, 0.1) is 5.92 Å². The number of rotatable bonds is 4. The zero-order chi connectivity index (χ0) is 17.1. The van der Waals surface area contributed by atoms with Crippen molar-refractivity contribution in [3.63, 3.8) is 0 Å². The smallest absolute Gasteiger partial charge is 0.331 e. The molecular weight excluding hydrogens is 306 g/mol. The summed E-state index contributed by atoms with van der Waals surface area (Å²) in [6.45, 7) is 0. The van der Waals surface area contributed by atoms with Gasteiger partial charge in [0, 0.05) is 24.6 Å². The Bertz CT molecular complexity index is 628. The minimum Gasteiger partial charge on any atom is -0.469 e. The Morgan fingerprint density at radius 1 is 1.21 bits per heavy atom. The summed E-state index contributed by atoms with van der Waals surface area (Å²) in [6, 6.07) is 10.0. The van der Waals surface area contributed by atoms with E-state index in [-0.39, 0.29) is 12.0 Å². The molecule has 2 bridgehead atoms. The average Bonchev–Trinajstić information content (AvgIpc) is 2.83. The van der Waals surface area contributed by atoms with Crippen LogP contribution in [0.25, 0.3) is 6.08 Å². The Morgan fingerprint density at radius 3 is 2.67 bits per heavy atom. The summed E-state index contributed by atoms with van der Waals surface area (Å²) >= 11 is 0. The molecule has 4 unspecified atom stereocenters. The molecule has 5 nitrogen and oxygen atoms in total. The lowest BCUT2D eigenvalue weighted by atomic mass is 9.87. The first-order valence-corrected chi connectivity index (χ1v) is 8.33. The van der Waals surface area contributed by atoms with Crippen LogP contribution in [-0.2, 0) is 19.1 Å². The fourth-order valence-corrected chi connectivity index (χ4v) is 3.90. The van der Waals surface area contributed by atoms with Crippen molar-refractivity contribution < 1.29 is 19.1 Å². The average molecular weight is 329 g/mol. The summed E-state index contributed by atoms with van der Waals surface area (Å²) in [5.41, 5.74) is 0.933. The molecule has 0 radical (unpaired) electrons. The minimum absolute atomic E-state index is 0.0899. The van der Waals surface area contributed by atoms with Crippen molar-refractivity contribution in [2.24, 2.45) is 5.92 Å². The number of esters is 2. The highest BCUT2D eigenvalue weighted by atomic mass is 16.6. The molecule has 4 atom stereocenters. The van der Waals surface area contributed by atoms with Crippen LogP contribution in [0.1, 0.15) is 24.8 Å². The van der Waals surface area contributed by atoms with Crippen LogP contribution in [0.2, 0.25) is 0 Å². The molecule has 0 amide bonds. The third-order valence-corrected chi connectivity index (χ3v) is 5.17. The van der Waals surface area contributed by atoms with Gasteiger partial charge in [-0.2, -0.15) is 0 Å². The Labute approximate surface area is 142 Å². The molecule has 1 aromatic rings. The summed E-state index contributed by atoms with van der Waals surface area (Å²) in [6.07, 6.45) is 5.37. The van der Waals surface area contributed by atoms with Gasteiger partial charge >= 0.3 is 11.9 Å². The number of fused-ring (bicyclic) bond motifs is 2. The molecule has 0 aromatic heterocycles. The zero-order valence-corrected chi connectivity index (χ0v) is 14.1. The molecule has 1 aromatic carbocycles. The molecule has 0 saturated carbocycles. The van der Waals surface area contributed by atoms with Crippen LogP contribution in [0.3, 0.4) is 0 Å². The van der Waals surface area contributed by atoms with E-state index in [1.807, 2.05) is 37.4 Å². The van der Waals surface area contributed by atoms with Gasteiger partial charge in [0.15, 0.2) is 0 Å². The van der Waals surface area contributed by atoms with Crippen LogP contribution in [0.15, 0.2) is 36.4 Å². The van der Waals surface area contributed by atoms with Crippen molar-refractivity contribution >= 4 is 18.0 Å². The molecular formula is C19H23NO4. The largest absolute Gasteiger partial charge is 0.469 e. The van der Waals surface area contributed by atoms with E-state index in [2.05, 4.69) is 4.90 Å². The first-order chi connectivity index (χ1) is 11.6. The predicted octanol–water partition coefficient (Wildman–Crippen LogP) is 2.27. The number of hydrogen-bond donors (Lipinski definition) is 0. The van der Waals surface area contributed by atoms with E-state index in [1.165, 1.54) is 13.2 Å². The highest BCUT2D eigenvalue weighted by Crippen LogP contribution is 2.40. The number of methoxy groups -OCH3 is 1. The topological polar surface area (TPSA) is 55.8 Å². The van der Waals surface area contributed by atoms with Crippen molar-refractivity contribution in [2.45, 2.75) is 37.5 Å². The normalized spacial score (nSPS) is 29.6.